The molecule has 0 aliphatic heterocycles. The number of nitrogens with zero attached hydrogens (tertiary/aromatic N) is 1. The number of fused-ring (bicyclic) bond motifs is 1. The minimum Gasteiger partial charge on any atom is -0.200 e. The van der Waals surface area contributed by atoms with E-state index < -0.39 is 5.89 Å². The topological polar surface area (TPSA) is 3.88 Å². The van der Waals surface area contributed by atoms with Crippen LogP contribution in [0.4, 0.5) is 0 Å². The zero-order chi connectivity index (χ0) is 24.1. The molecule has 0 saturated heterocycles. The Morgan fingerprint density at radius 3 is 2.14 bits per heavy atom. The summed E-state index contributed by atoms with van der Waals surface area (Å²) in [7, 11) is 1.88. The van der Waals surface area contributed by atoms with Crippen molar-refractivity contribution in [1.82, 2.24) is 0 Å². The van der Waals surface area contributed by atoms with Crippen LogP contribution >= 0.6 is 0 Å². The van der Waals surface area contributed by atoms with Crippen LogP contribution in [0.15, 0.2) is 42.5 Å². The molecule has 1 heterocycles. The Labute approximate surface area is 182 Å². The van der Waals surface area contributed by atoms with Crippen LogP contribution in [-0.4, -0.2) is 0 Å². The van der Waals surface area contributed by atoms with E-state index in [0.717, 1.165) is 38.7 Å². The van der Waals surface area contributed by atoms with E-state index in [1.165, 1.54) is 5.56 Å². The molecule has 0 fully saturated rings. The van der Waals surface area contributed by atoms with E-state index in [1.807, 2.05) is 25.5 Å². The maximum Gasteiger partial charge on any atom is 0.220 e. The molecule has 0 saturated carbocycles. The summed E-state index contributed by atoms with van der Waals surface area (Å²) in [6.45, 7) is 17.0. The van der Waals surface area contributed by atoms with Gasteiger partial charge in [-0.05, 0) is 77.3 Å². The van der Waals surface area contributed by atoms with Crippen molar-refractivity contribution in [3.63, 3.8) is 0 Å². The Morgan fingerprint density at radius 1 is 0.897 bits per heavy atom. The molecule has 1 heteroatoms. The lowest BCUT2D eigenvalue weighted by atomic mass is 9.79. The first-order valence-electron chi connectivity index (χ1n) is 12.3. The SMILES string of the molecule is [2H]c1c([2H])[n+](C)c(-c2cc(C([2H])(C)C)cc(C)c2C)c2ccc(C(C(C)C)C(C)C)cc12. The normalized spacial score (nSPS) is 14.0. The number of rotatable bonds is 5. The van der Waals surface area contributed by atoms with Crippen LogP contribution in [0.25, 0.3) is 22.0 Å². The maximum absolute atomic E-state index is 8.74. The lowest BCUT2D eigenvalue weighted by Gasteiger charge is -2.25. The summed E-state index contributed by atoms with van der Waals surface area (Å²) in [4.78, 5) is 0. The average molecular weight is 392 g/mol. The first-order chi connectivity index (χ1) is 14.8. The Morgan fingerprint density at radius 2 is 1.55 bits per heavy atom. The quantitative estimate of drug-likeness (QED) is 0.397. The van der Waals surface area contributed by atoms with E-state index >= 15 is 0 Å². The molecule has 3 rings (SSSR count). The summed E-state index contributed by atoms with van der Waals surface area (Å²) in [5, 5.41) is 1.82. The first-order valence-corrected chi connectivity index (χ1v) is 10.8. The molecule has 1 aromatic heterocycles. The molecule has 0 aliphatic rings. The molecular formula is C28H38N+. The van der Waals surface area contributed by atoms with E-state index in [4.69, 9.17) is 4.11 Å². The number of aromatic nitrogens is 1. The Kier molecular flexibility index (Phi) is 5.06. The second kappa shape index (κ2) is 8.30. The van der Waals surface area contributed by atoms with E-state index in [1.54, 1.807) is 0 Å². The zero-order valence-corrected chi connectivity index (χ0v) is 19.6. The molecule has 0 unspecified atom stereocenters. The van der Waals surface area contributed by atoms with Crippen LogP contribution < -0.4 is 4.57 Å². The smallest absolute Gasteiger partial charge is 0.200 e. The molecule has 2 aromatic carbocycles. The fraction of sp³-hybridized carbons (Fsp3) is 0.464. The van der Waals surface area contributed by atoms with Crippen LogP contribution in [0.5, 0.6) is 0 Å². The Hall–Kier alpha value is -2.15. The van der Waals surface area contributed by atoms with Crippen LogP contribution in [-0.2, 0) is 7.05 Å². The number of aryl methyl sites for hydroxylation is 1. The molecule has 29 heavy (non-hydrogen) atoms. The molecule has 3 aromatic rings. The standard InChI is InChI=1S/C28H38N/c1-17(2)24-14-20(7)21(8)26(16-24)28-25-11-10-23(27(18(3)4)19(5)6)15-22(25)12-13-29(28)9/h10-19,27H,1-9H3/q+1/i12D,13D,17D. The van der Waals surface area contributed by atoms with Gasteiger partial charge in [0.15, 0.2) is 6.17 Å². The lowest BCUT2D eigenvalue weighted by Crippen LogP contribution is -2.31. The van der Waals surface area contributed by atoms with Crippen molar-refractivity contribution < 1.29 is 8.68 Å². The lowest BCUT2D eigenvalue weighted by molar-refractivity contribution is -0.659. The van der Waals surface area contributed by atoms with E-state index in [0.29, 0.717) is 17.8 Å². The van der Waals surface area contributed by atoms with Crippen molar-refractivity contribution in [3.8, 4) is 11.3 Å². The Balaban J connectivity index is 2.41. The van der Waals surface area contributed by atoms with Gasteiger partial charge in [0.1, 0.15) is 8.42 Å². The third-order valence-corrected chi connectivity index (χ3v) is 6.31. The molecule has 0 aliphatic carbocycles. The largest absolute Gasteiger partial charge is 0.220 e. The van der Waals surface area contributed by atoms with Crippen molar-refractivity contribution in [2.75, 3.05) is 0 Å². The summed E-state index contributed by atoms with van der Waals surface area (Å²) in [6.07, 6.45) is 0.211. The second-order valence-electron chi connectivity index (χ2n) is 9.43. The molecule has 154 valence electrons. The second-order valence-corrected chi connectivity index (χ2v) is 9.43. The van der Waals surface area contributed by atoms with E-state index in [9.17, 15) is 0 Å². The zero-order valence-electron chi connectivity index (χ0n) is 22.6. The number of pyridine rings is 1. The molecule has 0 bridgehead atoms. The van der Waals surface area contributed by atoms with Gasteiger partial charge in [-0.2, -0.15) is 0 Å². The molecule has 0 amide bonds. The summed E-state index contributed by atoms with van der Waals surface area (Å²) < 4.78 is 27.8. The highest BCUT2D eigenvalue weighted by Crippen LogP contribution is 2.36. The van der Waals surface area contributed by atoms with Gasteiger partial charge in [-0.3, -0.25) is 0 Å². The number of hydrogen-bond acceptors (Lipinski definition) is 0. The van der Waals surface area contributed by atoms with E-state index in [-0.39, 0.29) is 12.2 Å². The number of hydrogen-bond donors (Lipinski definition) is 0. The van der Waals surface area contributed by atoms with E-state index in [2.05, 4.69) is 71.9 Å². The third-order valence-electron chi connectivity index (χ3n) is 6.31. The van der Waals surface area contributed by atoms with Gasteiger partial charge >= 0.3 is 0 Å². The molecule has 1 nitrogen and oxygen atoms in total. The minimum absolute atomic E-state index is 0.211. The first kappa shape index (κ1) is 17.7. The van der Waals surface area contributed by atoms with Gasteiger partial charge in [-0.25, -0.2) is 4.57 Å². The number of benzene rings is 2. The van der Waals surface area contributed by atoms with Gasteiger partial charge in [0.05, 0.1) is 12.3 Å². The van der Waals surface area contributed by atoms with Gasteiger partial charge in [-0.15, -0.1) is 0 Å². The average Bonchev–Trinajstić information content (AvgIpc) is 2.68. The fourth-order valence-corrected chi connectivity index (χ4v) is 4.72. The molecule has 0 radical (unpaired) electrons. The van der Waals surface area contributed by atoms with Crippen molar-refractivity contribution in [2.45, 2.75) is 67.2 Å². The van der Waals surface area contributed by atoms with Crippen molar-refractivity contribution in [1.29, 1.82) is 0 Å². The van der Waals surface area contributed by atoms with Crippen molar-refractivity contribution in [2.24, 2.45) is 18.9 Å². The molecular weight excluding hydrogens is 350 g/mol. The summed E-state index contributed by atoms with van der Waals surface area (Å²) in [5.74, 6) is 0.687. The monoisotopic (exact) mass is 391 g/mol. The van der Waals surface area contributed by atoms with Crippen LogP contribution in [0.3, 0.4) is 0 Å². The van der Waals surface area contributed by atoms with Gasteiger partial charge in [0, 0.05) is 7.41 Å². The van der Waals surface area contributed by atoms with Crippen LogP contribution in [0, 0.1) is 25.7 Å². The minimum atomic E-state index is -0.713. The highest BCUT2D eigenvalue weighted by Gasteiger charge is 2.23. The van der Waals surface area contributed by atoms with Gasteiger partial charge < -0.3 is 0 Å². The van der Waals surface area contributed by atoms with Gasteiger partial charge in [-0.1, -0.05) is 59.7 Å². The summed E-state index contributed by atoms with van der Waals surface area (Å²) in [6, 6.07) is 11.0. The predicted molar refractivity (Wildman–Crippen MR) is 127 cm³/mol. The summed E-state index contributed by atoms with van der Waals surface area (Å²) >= 11 is 0. The predicted octanol–water partition coefficient (Wildman–Crippen LogP) is 7.47. The molecule has 0 N–H and O–H groups in total. The summed E-state index contributed by atoms with van der Waals surface area (Å²) in [5.41, 5.74) is 6.48. The highest BCUT2D eigenvalue weighted by molar-refractivity contribution is 5.94. The van der Waals surface area contributed by atoms with Crippen LogP contribution in [0.2, 0.25) is 0 Å². The van der Waals surface area contributed by atoms with Crippen molar-refractivity contribution in [3.05, 3.63) is 64.8 Å². The van der Waals surface area contributed by atoms with Gasteiger partial charge in [0.2, 0.25) is 5.69 Å². The molecule has 0 spiro atoms. The Bertz CT molecular complexity index is 1160. The third kappa shape index (κ3) is 4.10. The highest BCUT2D eigenvalue weighted by atomic mass is 14.9. The van der Waals surface area contributed by atoms with Crippen molar-refractivity contribution >= 4 is 10.8 Å². The van der Waals surface area contributed by atoms with Crippen LogP contribution in [0.1, 0.15) is 79.7 Å². The maximum atomic E-state index is 8.74. The fourth-order valence-electron chi connectivity index (χ4n) is 4.72. The molecule has 0 atom stereocenters. The van der Waals surface area contributed by atoms with Gasteiger partial charge in [0.25, 0.3) is 0 Å².